The van der Waals surface area contributed by atoms with Crippen LogP contribution < -0.4 is 11.1 Å². The minimum Gasteiger partial charge on any atom is -0.408 e. The molecule has 1 fully saturated rings. The van der Waals surface area contributed by atoms with Gasteiger partial charge in [-0.05, 0) is 18.1 Å². The van der Waals surface area contributed by atoms with E-state index in [2.05, 4.69) is 32.3 Å². The van der Waals surface area contributed by atoms with Crippen molar-refractivity contribution in [2.24, 2.45) is 0 Å². The van der Waals surface area contributed by atoms with E-state index >= 15 is 0 Å². The molecule has 0 amide bonds. The second-order valence-corrected chi connectivity index (χ2v) is 7.73. The van der Waals surface area contributed by atoms with Crippen LogP contribution in [-0.2, 0) is 17.8 Å². The number of ether oxygens (including phenoxy) is 1. The first kappa shape index (κ1) is 19.7. The normalized spacial score (nSPS) is 15.0. The molecular weight excluding hydrogens is 394 g/mol. The van der Waals surface area contributed by atoms with E-state index in [0.29, 0.717) is 18.7 Å². The zero-order valence-corrected chi connectivity index (χ0v) is 17.3. The van der Waals surface area contributed by atoms with E-state index in [1.807, 2.05) is 30.3 Å². The van der Waals surface area contributed by atoms with Crippen molar-refractivity contribution in [2.75, 3.05) is 38.2 Å². The van der Waals surface area contributed by atoms with Crippen LogP contribution in [0.2, 0.25) is 0 Å². The number of aryl methyl sites for hydroxylation is 1. The number of anilines is 1. The van der Waals surface area contributed by atoms with Crippen molar-refractivity contribution in [3.63, 3.8) is 0 Å². The molecule has 0 radical (unpaired) electrons. The Morgan fingerprint density at radius 2 is 1.87 bits per heavy atom. The fraction of sp³-hybridized carbons (Fsp3) is 0.348. The number of morpholine rings is 1. The highest BCUT2D eigenvalue weighted by Crippen LogP contribution is 2.26. The lowest BCUT2D eigenvalue weighted by atomic mass is 10.2. The summed E-state index contributed by atoms with van der Waals surface area (Å²) in [5, 5.41) is 4.26. The van der Waals surface area contributed by atoms with E-state index in [4.69, 9.17) is 9.15 Å². The van der Waals surface area contributed by atoms with E-state index < -0.39 is 0 Å². The summed E-state index contributed by atoms with van der Waals surface area (Å²) in [5.41, 5.74) is 3.24. The van der Waals surface area contributed by atoms with Crippen molar-refractivity contribution >= 4 is 27.8 Å². The first-order valence-corrected chi connectivity index (χ1v) is 10.6. The van der Waals surface area contributed by atoms with Crippen LogP contribution in [0.4, 0.5) is 5.82 Å². The highest BCUT2D eigenvalue weighted by molar-refractivity contribution is 5.97. The van der Waals surface area contributed by atoms with Crippen LogP contribution in [0.5, 0.6) is 0 Å². The molecule has 1 N–H and O–H groups in total. The van der Waals surface area contributed by atoms with Gasteiger partial charge in [0.2, 0.25) is 0 Å². The van der Waals surface area contributed by atoms with Crippen LogP contribution in [0.3, 0.4) is 0 Å². The third kappa shape index (κ3) is 4.30. The van der Waals surface area contributed by atoms with Crippen LogP contribution >= 0.6 is 0 Å². The van der Waals surface area contributed by atoms with Crippen molar-refractivity contribution in [1.29, 1.82) is 0 Å². The summed E-state index contributed by atoms with van der Waals surface area (Å²) in [6, 6.07) is 13.9. The number of hydrogen-bond donors (Lipinski definition) is 1. The second-order valence-electron chi connectivity index (χ2n) is 7.73. The maximum Gasteiger partial charge on any atom is 0.419 e. The molecule has 1 saturated heterocycles. The molecule has 0 bridgehead atoms. The zero-order valence-electron chi connectivity index (χ0n) is 17.3. The lowest BCUT2D eigenvalue weighted by Gasteiger charge is -2.26. The molecular formula is C23H25N5O3. The Morgan fingerprint density at radius 3 is 2.71 bits per heavy atom. The highest BCUT2D eigenvalue weighted by Gasteiger charge is 2.15. The smallest absolute Gasteiger partial charge is 0.408 e. The fourth-order valence-corrected chi connectivity index (χ4v) is 4.02. The van der Waals surface area contributed by atoms with Gasteiger partial charge >= 0.3 is 5.76 Å². The van der Waals surface area contributed by atoms with Crippen molar-refractivity contribution in [2.45, 2.75) is 19.5 Å². The van der Waals surface area contributed by atoms with Crippen molar-refractivity contribution < 1.29 is 9.15 Å². The summed E-state index contributed by atoms with van der Waals surface area (Å²) in [7, 11) is 0. The molecule has 3 heterocycles. The summed E-state index contributed by atoms with van der Waals surface area (Å²) in [4.78, 5) is 23.7. The van der Waals surface area contributed by atoms with Crippen LogP contribution in [0.15, 0.2) is 58.0 Å². The topological polar surface area (TPSA) is 85.4 Å². The van der Waals surface area contributed by atoms with Gasteiger partial charge in [0.1, 0.15) is 12.1 Å². The minimum absolute atomic E-state index is 0.334. The number of rotatable bonds is 7. The summed E-state index contributed by atoms with van der Waals surface area (Å²) in [5.74, 6) is 0.406. The molecule has 0 spiro atoms. The molecule has 0 unspecified atom stereocenters. The van der Waals surface area contributed by atoms with Gasteiger partial charge in [-0.1, -0.05) is 30.3 Å². The molecule has 8 heteroatoms. The Kier molecular flexibility index (Phi) is 5.64. The van der Waals surface area contributed by atoms with Gasteiger partial charge in [-0.25, -0.2) is 14.8 Å². The first-order valence-electron chi connectivity index (χ1n) is 10.6. The van der Waals surface area contributed by atoms with E-state index in [0.717, 1.165) is 61.5 Å². The molecule has 0 saturated carbocycles. The van der Waals surface area contributed by atoms with Gasteiger partial charge in [-0.3, -0.25) is 9.47 Å². The summed E-state index contributed by atoms with van der Waals surface area (Å²) >= 11 is 0. The molecule has 2 aromatic carbocycles. The Bertz CT molecular complexity index is 1230. The molecule has 0 atom stereocenters. The van der Waals surface area contributed by atoms with Crippen molar-refractivity contribution in [3.8, 4) is 0 Å². The Morgan fingerprint density at radius 1 is 1.03 bits per heavy atom. The standard InChI is InChI=1S/C23H25N5O3/c29-23-28(8-4-7-27-9-11-30-12-10-27)20-13-18-19(14-21(20)31-23)25-16-26-22(18)24-15-17-5-2-1-3-6-17/h1-3,5-6,13-14,16H,4,7-12,15H2,(H,24,25,26). The Labute approximate surface area is 179 Å². The molecule has 160 valence electrons. The van der Waals surface area contributed by atoms with Crippen LogP contribution in [0.25, 0.3) is 22.0 Å². The lowest BCUT2D eigenvalue weighted by Crippen LogP contribution is -2.37. The van der Waals surface area contributed by atoms with Gasteiger partial charge < -0.3 is 14.5 Å². The number of oxazole rings is 1. The van der Waals surface area contributed by atoms with Gasteiger partial charge in [-0.15, -0.1) is 0 Å². The average Bonchev–Trinajstić information content (AvgIpc) is 3.11. The van der Waals surface area contributed by atoms with Crippen LogP contribution in [-0.4, -0.2) is 52.3 Å². The number of fused-ring (bicyclic) bond motifs is 2. The average molecular weight is 419 g/mol. The SMILES string of the molecule is O=c1oc2cc3ncnc(NCc4ccccc4)c3cc2n1CCCN1CCOCC1. The predicted molar refractivity (Wildman–Crippen MR) is 119 cm³/mol. The maximum absolute atomic E-state index is 12.5. The third-order valence-electron chi connectivity index (χ3n) is 5.69. The number of hydrogen-bond acceptors (Lipinski definition) is 7. The quantitative estimate of drug-likeness (QED) is 0.493. The predicted octanol–water partition coefficient (Wildman–Crippen LogP) is 2.87. The Hall–Kier alpha value is -3.23. The molecule has 1 aliphatic heterocycles. The second kappa shape index (κ2) is 8.87. The van der Waals surface area contributed by atoms with Gasteiger partial charge in [0.15, 0.2) is 5.58 Å². The molecule has 4 aromatic rings. The van der Waals surface area contributed by atoms with Gasteiger partial charge in [0, 0.05) is 44.2 Å². The Balaban J connectivity index is 1.40. The van der Waals surface area contributed by atoms with Crippen molar-refractivity contribution in [3.05, 3.63) is 64.9 Å². The molecule has 1 aliphatic rings. The monoisotopic (exact) mass is 419 g/mol. The minimum atomic E-state index is -0.334. The van der Waals surface area contributed by atoms with E-state index in [9.17, 15) is 4.79 Å². The summed E-state index contributed by atoms with van der Waals surface area (Å²) in [6.45, 7) is 5.64. The highest BCUT2D eigenvalue weighted by atomic mass is 16.5. The molecule has 5 rings (SSSR count). The van der Waals surface area contributed by atoms with E-state index in [-0.39, 0.29) is 5.76 Å². The molecule has 8 nitrogen and oxygen atoms in total. The summed E-state index contributed by atoms with van der Waals surface area (Å²) in [6.07, 6.45) is 2.40. The zero-order chi connectivity index (χ0) is 21.0. The van der Waals surface area contributed by atoms with Gasteiger partial charge in [-0.2, -0.15) is 0 Å². The number of nitrogens with one attached hydrogen (secondary N) is 1. The van der Waals surface area contributed by atoms with E-state index in [1.54, 1.807) is 4.57 Å². The van der Waals surface area contributed by atoms with E-state index in [1.165, 1.54) is 11.9 Å². The fourth-order valence-electron chi connectivity index (χ4n) is 4.02. The first-order chi connectivity index (χ1) is 15.3. The van der Waals surface area contributed by atoms with Gasteiger partial charge in [0.25, 0.3) is 0 Å². The largest absolute Gasteiger partial charge is 0.419 e. The van der Waals surface area contributed by atoms with Crippen LogP contribution in [0, 0.1) is 0 Å². The number of aromatic nitrogens is 3. The molecule has 2 aromatic heterocycles. The third-order valence-corrected chi connectivity index (χ3v) is 5.69. The summed E-state index contributed by atoms with van der Waals surface area (Å²) < 4.78 is 12.6. The maximum atomic E-state index is 12.5. The molecule has 0 aliphatic carbocycles. The van der Waals surface area contributed by atoms with Gasteiger partial charge in [0.05, 0.1) is 24.2 Å². The number of nitrogens with zero attached hydrogens (tertiary/aromatic N) is 4. The number of benzene rings is 2. The lowest BCUT2D eigenvalue weighted by molar-refractivity contribution is 0.0369. The van der Waals surface area contributed by atoms with Crippen molar-refractivity contribution in [1.82, 2.24) is 19.4 Å². The molecule has 31 heavy (non-hydrogen) atoms. The van der Waals surface area contributed by atoms with Crippen LogP contribution in [0.1, 0.15) is 12.0 Å².